The number of rotatable bonds is 13. The summed E-state index contributed by atoms with van der Waals surface area (Å²) in [7, 11) is -4.19. The highest BCUT2D eigenvalue weighted by molar-refractivity contribution is 7.49. The molecule has 2 atom stereocenters. The molecule has 0 spiro atoms. The molecule has 4 aromatic carbocycles. The Kier molecular flexibility index (Phi) is 9.54. The van der Waals surface area contributed by atoms with Gasteiger partial charge in [0.2, 0.25) is 0 Å². The molecule has 8 heteroatoms. The molecule has 0 bridgehead atoms. The summed E-state index contributed by atoms with van der Waals surface area (Å²) in [4.78, 5) is 0. The fourth-order valence-electron chi connectivity index (χ4n) is 4.04. The fourth-order valence-corrected chi connectivity index (χ4v) is 5.25. The topological polar surface area (TPSA) is 72.5 Å². The van der Waals surface area contributed by atoms with E-state index in [1.54, 1.807) is 54.6 Å². The molecule has 4 aromatic rings. The van der Waals surface area contributed by atoms with Crippen LogP contribution in [0.25, 0.3) is 0 Å². The van der Waals surface area contributed by atoms with E-state index in [1.807, 2.05) is 72.8 Å². The summed E-state index contributed by atoms with van der Waals surface area (Å²) < 4.78 is 49.5. The van der Waals surface area contributed by atoms with Crippen LogP contribution in [-0.4, -0.2) is 18.8 Å². The van der Waals surface area contributed by atoms with Gasteiger partial charge >= 0.3 is 7.82 Å². The van der Waals surface area contributed by atoms with Crippen molar-refractivity contribution in [1.82, 2.24) is 0 Å². The molecular formula is C32H31O7P. The fraction of sp³-hybridized carbons (Fsp3) is 0.188. The summed E-state index contributed by atoms with van der Waals surface area (Å²) in [6.45, 7) is 1.07. The van der Waals surface area contributed by atoms with E-state index in [0.717, 1.165) is 11.1 Å². The second kappa shape index (κ2) is 13.9. The Morgan fingerprint density at radius 3 is 1.70 bits per heavy atom. The highest BCUT2D eigenvalue weighted by Gasteiger charge is 2.38. The molecule has 0 fully saturated rings. The molecular weight excluding hydrogens is 527 g/mol. The van der Waals surface area contributed by atoms with E-state index in [2.05, 4.69) is 0 Å². The van der Waals surface area contributed by atoms with Crippen LogP contribution in [0.2, 0.25) is 0 Å². The molecule has 0 unspecified atom stereocenters. The van der Waals surface area contributed by atoms with Crippen LogP contribution in [0.1, 0.15) is 17.5 Å². The van der Waals surface area contributed by atoms with Gasteiger partial charge in [-0.1, -0.05) is 97.1 Å². The molecule has 0 radical (unpaired) electrons. The molecule has 0 aliphatic carbocycles. The van der Waals surface area contributed by atoms with Crippen molar-refractivity contribution < 1.29 is 32.3 Å². The zero-order valence-corrected chi connectivity index (χ0v) is 22.8. The van der Waals surface area contributed by atoms with E-state index in [0.29, 0.717) is 31.1 Å². The molecule has 1 aliphatic heterocycles. The number of hydrogen-bond acceptors (Lipinski definition) is 7. The third-order valence-corrected chi connectivity index (χ3v) is 7.29. The maximum Gasteiger partial charge on any atom is 0.649 e. The van der Waals surface area contributed by atoms with Gasteiger partial charge in [-0.25, -0.2) is 0 Å². The summed E-state index contributed by atoms with van der Waals surface area (Å²) in [6.07, 6.45) is 1.32. The quantitative estimate of drug-likeness (QED) is 0.156. The van der Waals surface area contributed by atoms with Crippen LogP contribution in [0.5, 0.6) is 11.5 Å². The first-order chi connectivity index (χ1) is 19.7. The van der Waals surface area contributed by atoms with Crippen LogP contribution < -0.4 is 9.05 Å². The lowest BCUT2D eigenvalue weighted by Gasteiger charge is -2.32. The standard InChI is InChI=1S/C32H31O7P/c33-40(37-28-17-9-3-10-18-28,38-29-19-11-4-12-20-29)39-32-22-21-30(35-24-27-15-7-2-8-16-27)31(36-32)25-34-23-26-13-5-1-6-14-26/h1-20,22,30-31H,21,23-25H2/t30-,31+/m0/s1. The highest BCUT2D eigenvalue weighted by atomic mass is 31.2. The molecule has 5 rings (SSSR count). The number of ether oxygens (including phenoxy) is 3. The summed E-state index contributed by atoms with van der Waals surface area (Å²) in [5, 5.41) is 0. The van der Waals surface area contributed by atoms with E-state index in [9.17, 15) is 4.57 Å². The first-order valence-corrected chi connectivity index (χ1v) is 14.5. The van der Waals surface area contributed by atoms with E-state index in [1.165, 1.54) is 0 Å². The van der Waals surface area contributed by atoms with Gasteiger partial charge in [-0.05, 0) is 41.5 Å². The monoisotopic (exact) mass is 558 g/mol. The zero-order valence-electron chi connectivity index (χ0n) is 21.9. The number of para-hydroxylation sites is 2. The van der Waals surface area contributed by atoms with Crippen molar-refractivity contribution in [3.8, 4) is 11.5 Å². The van der Waals surface area contributed by atoms with Crippen molar-refractivity contribution in [2.75, 3.05) is 6.61 Å². The first kappa shape index (κ1) is 27.5. The summed E-state index contributed by atoms with van der Waals surface area (Å²) in [5.41, 5.74) is 2.10. The Morgan fingerprint density at radius 2 is 1.15 bits per heavy atom. The van der Waals surface area contributed by atoms with Gasteiger partial charge in [-0.3, -0.25) is 0 Å². The van der Waals surface area contributed by atoms with Crippen LogP contribution in [0.3, 0.4) is 0 Å². The number of benzene rings is 4. The number of phosphoric ester groups is 1. The second-order valence-corrected chi connectivity index (χ2v) is 10.5. The molecule has 7 nitrogen and oxygen atoms in total. The van der Waals surface area contributed by atoms with E-state index < -0.39 is 13.9 Å². The van der Waals surface area contributed by atoms with Gasteiger partial charge in [0.25, 0.3) is 5.95 Å². The average Bonchev–Trinajstić information content (AvgIpc) is 2.99. The molecule has 0 saturated heterocycles. The van der Waals surface area contributed by atoms with Crippen LogP contribution in [0, 0.1) is 0 Å². The van der Waals surface area contributed by atoms with E-state index >= 15 is 0 Å². The van der Waals surface area contributed by atoms with Crippen LogP contribution in [0.4, 0.5) is 0 Å². The maximum atomic E-state index is 13.9. The number of phosphoric acid groups is 1. The lowest BCUT2D eigenvalue weighted by Crippen LogP contribution is -2.38. The zero-order chi connectivity index (χ0) is 27.5. The molecule has 1 aliphatic rings. The van der Waals surface area contributed by atoms with Gasteiger partial charge in [0, 0.05) is 6.42 Å². The highest BCUT2D eigenvalue weighted by Crippen LogP contribution is 2.52. The minimum absolute atomic E-state index is 0.0306. The van der Waals surface area contributed by atoms with Gasteiger partial charge in [-0.2, -0.15) is 4.57 Å². The molecule has 40 heavy (non-hydrogen) atoms. The predicted octanol–water partition coefficient (Wildman–Crippen LogP) is 7.70. The minimum Gasteiger partial charge on any atom is -0.457 e. The molecule has 206 valence electrons. The smallest absolute Gasteiger partial charge is 0.457 e. The Labute approximate surface area is 234 Å². The molecule has 1 heterocycles. The van der Waals surface area contributed by atoms with Gasteiger partial charge in [0.05, 0.1) is 19.8 Å². The van der Waals surface area contributed by atoms with E-state index in [4.69, 9.17) is 27.8 Å². The molecule has 0 N–H and O–H groups in total. The number of hydrogen-bond donors (Lipinski definition) is 0. The normalized spacial score (nSPS) is 16.9. The lowest BCUT2D eigenvalue weighted by molar-refractivity contribution is -0.120. The van der Waals surface area contributed by atoms with Crippen LogP contribution in [-0.2, 0) is 36.5 Å². The second-order valence-electron chi connectivity index (χ2n) is 9.10. The van der Waals surface area contributed by atoms with Crippen molar-refractivity contribution in [3.05, 3.63) is 144 Å². The molecule has 0 saturated carbocycles. The third-order valence-electron chi connectivity index (χ3n) is 6.02. The Hall–Kier alpha value is -4.03. The first-order valence-electron chi connectivity index (χ1n) is 13.1. The Balaban J connectivity index is 1.30. The maximum absolute atomic E-state index is 13.9. The summed E-state index contributed by atoms with van der Waals surface area (Å²) in [5.74, 6) is 0.707. The Morgan fingerprint density at radius 1 is 0.650 bits per heavy atom. The van der Waals surface area contributed by atoms with Gasteiger partial charge < -0.3 is 27.8 Å². The largest absolute Gasteiger partial charge is 0.649 e. The average molecular weight is 559 g/mol. The van der Waals surface area contributed by atoms with E-state index in [-0.39, 0.29) is 18.7 Å². The lowest BCUT2D eigenvalue weighted by atomic mass is 10.1. The van der Waals surface area contributed by atoms with Gasteiger partial charge in [0.15, 0.2) is 6.10 Å². The van der Waals surface area contributed by atoms with Crippen LogP contribution in [0.15, 0.2) is 133 Å². The van der Waals surface area contributed by atoms with Gasteiger partial charge in [0.1, 0.15) is 17.6 Å². The summed E-state index contributed by atoms with van der Waals surface area (Å²) in [6, 6.07) is 37.3. The minimum atomic E-state index is -4.19. The van der Waals surface area contributed by atoms with Crippen molar-refractivity contribution in [2.24, 2.45) is 0 Å². The molecule has 0 amide bonds. The van der Waals surface area contributed by atoms with Crippen LogP contribution >= 0.6 is 7.82 Å². The third kappa shape index (κ3) is 8.23. The Bertz CT molecular complexity index is 1340. The SMILES string of the molecule is O=P(OC1=CC[C@H](OCc2ccccc2)[C@@H](COCc2ccccc2)O1)(Oc1ccccc1)Oc1ccccc1. The van der Waals surface area contributed by atoms with Crippen molar-refractivity contribution in [3.63, 3.8) is 0 Å². The van der Waals surface area contributed by atoms with Crippen molar-refractivity contribution in [1.29, 1.82) is 0 Å². The molecule has 0 aromatic heterocycles. The van der Waals surface area contributed by atoms with Gasteiger partial charge in [-0.15, -0.1) is 0 Å². The predicted molar refractivity (Wildman–Crippen MR) is 152 cm³/mol. The van der Waals surface area contributed by atoms with Crippen molar-refractivity contribution >= 4 is 7.82 Å². The summed E-state index contributed by atoms with van der Waals surface area (Å²) >= 11 is 0. The van der Waals surface area contributed by atoms with Crippen molar-refractivity contribution in [2.45, 2.75) is 31.8 Å².